The molecule has 0 saturated heterocycles. The second kappa shape index (κ2) is 10.0. The van der Waals surface area contributed by atoms with Gasteiger partial charge < -0.3 is 21.3 Å². The third-order valence-corrected chi connectivity index (χ3v) is 2.91. The van der Waals surface area contributed by atoms with E-state index in [1.165, 1.54) is 6.20 Å². The molecule has 0 spiro atoms. The number of nitrogens with zero attached hydrogens (tertiary/aromatic N) is 1. The summed E-state index contributed by atoms with van der Waals surface area (Å²) in [5.41, 5.74) is 12.2. The molecule has 0 bridgehead atoms. The predicted octanol–water partition coefficient (Wildman–Crippen LogP) is 1.68. The van der Waals surface area contributed by atoms with Crippen LogP contribution in [0.15, 0.2) is 42.6 Å². The van der Waals surface area contributed by atoms with Gasteiger partial charge in [-0.15, -0.1) is 24.8 Å². The Labute approximate surface area is 146 Å². The van der Waals surface area contributed by atoms with Gasteiger partial charge in [-0.3, -0.25) is 4.79 Å². The van der Waals surface area contributed by atoms with E-state index in [9.17, 15) is 4.79 Å². The lowest BCUT2D eigenvalue weighted by atomic mass is 10.1. The van der Waals surface area contributed by atoms with Crippen molar-refractivity contribution in [2.75, 3.05) is 6.61 Å². The molecule has 1 aromatic carbocycles. The Morgan fingerprint density at radius 3 is 2.43 bits per heavy atom. The van der Waals surface area contributed by atoms with Crippen LogP contribution in [0.1, 0.15) is 15.9 Å². The Bertz CT molecular complexity index is 624. The molecule has 126 valence electrons. The fourth-order valence-corrected chi connectivity index (χ4v) is 1.83. The van der Waals surface area contributed by atoms with Gasteiger partial charge in [0.05, 0.1) is 6.61 Å². The lowest BCUT2D eigenvalue weighted by Gasteiger charge is -2.10. The molecule has 8 heteroatoms. The van der Waals surface area contributed by atoms with Crippen LogP contribution in [0.3, 0.4) is 0 Å². The van der Waals surface area contributed by atoms with Crippen molar-refractivity contribution in [3.63, 3.8) is 0 Å². The number of halogens is 2. The maximum absolute atomic E-state index is 11.3. The maximum Gasteiger partial charge on any atom is 0.254 e. The molecule has 23 heavy (non-hydrogen) atoms. The molecule has 1 amide bonds. The van der Waals surface area contributed by atoms with Crippen LogP contribution >= 0.6 is 24.8 Å². The normalized spacial score (nSPS) is 10.9. The first-order valence-electron chi connectivity index (χ1n) is 6.48. The van der Waals surface area contributed by atoms with E-state index in [4.69, 9.17) is 21.3 Å². The highest BCUT2D eigenvalue weighted by Gasteiger charge is 2.11. The number of ether oxygens (including phenoxy) is 1. The minimum atomic E-state index is -0.594. The average Bonchev–Trinajstić information content (AvgIpc) is 2.49. The number of amides is 1. The molecule has 0 radical (unpaired) electrons. The Morgan fingerprint density at radius 1 is 1.22 bits per heavy atom. The first kappa shape index (κ1) is 21.1. The fourth-order valence-electron chi connectivity index (χ4n) is 1.83. The summed E-state index contributed by atoms with van der Waals surface area (Å²) in [6.07, 6.45) is 2.10. The predicted molar refractivity (Wildman–Crippen MR) is 92.5 cm³/mol. The molecule has 2 rings (SSSR count). The van der Waals surface area contributed by atoms with Crippen molar-refractivity contribution in [1.29, 1.82) is 0 Å². The maximum atomic E-state index is 11.3. The SMILES string of the molecule is Cl.Cl.NC(=O)c1cccnc1Oc1ccc(C[C@H](N)CO)cc1. The standard InChI is InChI=1S/C15H17N3O3.2ClH/c16-11(9-19)8-10-3-5-12(6-4-10)21-15-13(14(17)20)2-1-7-18-15;;/h1-7,11,19H,8-9,16H2,(H2,17,20);2*1H/t11-;;/m0../s1. The van der Waals surface area contributed by atoms with Crippen LogP contribution < -0.4 is 16.2 Å². The number of primary amides is 1. The number of aliphatic hydroxyl groups is 1. The molecule has 0 saturated carbocycles. The summed E-state index contributed by atoms with van der Waals surface area (Å²) in [6.45, 7) is -0.0614. The van der Waals surface area contributed by atoms with E-state index in [-0.39, 0.29) is 48.9 Å². The molecule has 0 aliphatic rings. The summed E-state index contributed by atoms with van der Waals surface area (Å²) >= 11 is 0. The van der Waals surface area contributed by atoms with Gasteiger partial charge >= 0.3 is 0 Å². The minimum absolute atomic E-state index is 0. The van der Waals surface area contributed by atoms with Crippen LogP contribution in [0, 0.1) is 0 Å². The molecule has 1 aromatic heterocycles. The zero-order valence-electron chi connectivity index (χ0n) is 12.2. The molecule has 0 aliphatic heterocycles. The van der Waals surface area contributed by atoms with Gasteiger partial charge in [-0.25, -0.2) is 4.98 Å². The van der Waals surface area contributed by atoms with Crippen molar-refractivity contribution >= 4 is 30.7 Å². The summed E-state index contributed by atoms with van der Waals surface area (Å²) in [5.74, 6) is 0.117. The third-order valence-electron chi connectivity index (χ3n) is 2.91. The summed E-state index contributed by atoms with van der Waals surface area (Å²) in [5, 5.41) is 8.93. The number of rotatable bonds is 6. The van der Waals surface area contributed by atoms with Gasteiger partial charge in [0.2, 0.25) is 5.88 Å². The van der Waals surface area contributed by atoms with Gasteiger partial charge in [0.25, 0.3) is 5.91 Å². The van der Waals surface area contributed by atoms with Crippen LogP contribution in [0.25, 0.3) is 0 Å². The fraction of sp³-hybridized carbons (Fsp3) is 0.200. The quantitative estimate of drug-likeness (QED) is 0.726. The zero-order chi connectivity index (χ0) is 15.2. The van der Waals surface area contributed by atoms with Crippen molar-refractivity contribution in [3.05, 3.63) is 53.7 Å². The van der Waals surface area contributed by atoms with Crippen LogP contribution in [-0.4, -0.2) is 28.6 Å². The second-order valence-corrected chi connectivity index (χ2v) is 4.61. The molecule has 1 atom stereocenters. The van der Waals surface area contributed by atoms with Crippen LogP contribution in [0.4, 0.5) is 0 Å². The summed E-state index contributed by atoms with van der Waals surface area (Å²) in [7, 11) is 0. The highest BCUT2D eigenvalue weighted by atomic mass is 35.5. The van der Waals surface area contributed by atoms with E-state index in [1.54, 1.807) is 24.3 Å². The van der Waals surface area contributed by atoms with E-state index in [0.29, 0.717) is 12.2 Å². The van der Waals surface area contributed by atoms with Crippen molar-refractivity contribution in [3.8, 4) is 11.6 Å². The number of carbonyl (C=O) groups excluding carboxylic acids is 1. The Morgan fingerprint density at radius 2 is 1.87 bits per heavy atom. The highest BCUT2D eigenvalue weighted by Crippen LogP contribution is 2.23. The third kappa shape index (κ3) is 6.03. The lowest BCUT2D eigenvalue weighted by Crippen LogP contribution is -2.26. The molecule has 0 fully saturated rings. The van der Waals surface area contributed by atoms with Gasteiger partial charge in [0, 0.05) is 12.2 Å². The number of hydrogen-bond acceptors (Lipinski definition) is 5. The molecular weight excluding hydrogens is 341 g/mol. The first-order valence-corrected chi connectivity index (χ1v) is 6.48. The number of benzene rings is 1. The summed E-state index contributed by atoms with van der Waals surface area (Å²) in [4.78, 5) is 15.3. The van der Waals surface area contributed by atoms with E-state index < -0.39 is 5.91 Å². The largest absolute Gasteiger partial charge is 0.438 e. The number of carbonyl (C=O) groups is 1. The summed E-state index contributed by atoms with van der Waals surface area (Å²) < 4.78 is 5.56. The molecule has 0 unspecified atom stereocenters. The van der Waals surface area contributed by atoms with Crippen LogP contribution in [0.2, 0.25) is 0 Å². The van der Waals surface area contributed by atoms with Crippen molar-refractivity contribution < 1.29 is 14.6 Å². The molecule has 6 nitrogen and oxygen atoms in total. The zero-order valence-corrected chi connectivity index (χ0v) is 13.8. The Balaban J connectivity index is 0.00000242. The van der Waals surface area contributed by atoms with Crippen molar-refractivity contribution in [2.45, 2.75) is 12.5 Å². The van der Waals surface area contributed by atoms with E-state index in [0.717, 1.165) is 5.56 Å². The highest BCUT2D eigenvalue weighted by molar-refractivity contribution is 5.95. The molecule has 1 heterocycles. The smallest absolute Gasteiger partial charge is 0.254 e. The molecular formula is C15H19Cl2N3O3. The van der Waals surface area contributed by atoms with Crippen LogP contribution in [-0.2, 0) is 6.42 Å². The van der Waals surface area contributed by atoms with Crippen molar-refractivity contribution in [2.24, 2.45) is 11.5 Å². The lowest BCUT2D eigenvalue weighted by molar-refractivity contribution is 0.0997. The average molecular weight is 360 g/mol. The second-order valence-electron chi connectivity index (χ2n) is 4.61. The number of pyridine rings is 1. The van der Waals surface area contributed by atoms with Gasteiger partial charge in [-0.1, -0.05) is 12.1 Å². The van der Waals surface area contributed by atoms with Crippen LogP contribution in [0.5, 0.6) is 11.6 Å². The minimum Gasteiger partial charge on any atom is -0.438 e. The van der Waals surface area contributed by atoms with E-state index in [1.807, 2.05) is 12.1 Å². The van der Waals surface area contributed by atoms with E-state index in [2.05, 4.69) is 4.98 Å². The van der Waals surface area contributed by atoms with E-state index >= 15 is 0 Å². The summed E-state index contributed by atoms with van der Waals surface area (Å²) in [6, 6.07) is 10.1. The number of aliphatic hydroxyl groups excluding tert-OH is 1. The molecule has 0 aliphatic carbocycles. The molecule has 2 aromatic rings. The number of aromatic nitrogens is 1. The monoisotopic (exact) mass is 359 g/mol. The van der Waals surface area contributed by atoms with Gasteiger partial charge in [0.15, 0.2) is 0 Å². The van der Waals surface area contributed by atoms with Gasteiger partial charge in [0.1, 0.15) is 11.3 Å². The number of hydrogen-bond donors (Lipinski definition) is 3. The molecule has 5 N–H and O–H groups in total. The first-order chi connectivity index (χ1) is 10.1. The Hall–Kier alpha value is -1.86. The van der Waals surface area contributed by atoms with Gasteiger partial charge in [-0.2, -0.15) is 0 Å². The van der Waals surface area contributed by atoms with Crippen molar-refractivity contribution in [1.82, 2.24) is 4.98 Å². The topological polar surface area (TPSA) is 111 Å². The number of nitrogens with two attached hydrogens (primary N) is 2. The van der Waals surface area contributed by atoms with Gasteiger partial charge in [-0.05, 0) is 36.2 Å². The Kier molecular flexibility index (Phi) is 9.21.